The molecule has 0 spiro atoms. The lowest BCUT2D eigenvalue weighted by Crippen LogP contribution is -2.30. The number of benzene rings is 1. The van der Waals surface area contributed by atoms with E-state index in [1.165, 1.54) is 12.1 Å². The van der Waals surface area contributed by atoms with Gasteiger partial charge in [0.05, 0.1) is 10.7 Å². The molecule has 0 amide bonds. The van der Waals surface area contributed by atoms with E-state index >= 15 is 0 Å². The predicted octanol–water partition coefficient (Wildman–Crippen LogP) is 4.47. The number of hydrogen-bond donors (Lipinski definition) is 0. The van der Waals surface area contributed by atoms with E-state index in [1.54, 1.807) is 0 Å². The molecule has 1 aromatic carbocycles. The van der Waals surface area contributed by atoms with Gasteiger partial charge in [-0.2, -0.15) is 0 Å². The fraction of sp³-hybridized carbons (Fsp3) is 0.368. The summed E-state index contributed by atoms with van der Waals surface area (Å²) in [4.78, 5) is 6.80. The third-order valence-electron chi connectivity index (χ3n) is 4.76. The van der Waals surface area contributed by atoms with Crippen molar-refractivity contribution in [2.24, 2.45) is 0 Å². The second kappa shape index (κ2) is 7.26. The Bertz CT molecular complexity index is 745. The summed E-state index contributed by atoms with van der Waals surface area (Å²) < 4.78 is 2.40. The number of hydrogen-bond acceptors (Lipinski definition) is 3. The van der Waals surface area contributed by atoms with Crippen LogP contribution in [0.3, 0.4) is 0 Å². The maximum atomic E-state index is 6.19. The van der Waals surface area contributed by atoms with Crippen molar-refractivity contribution in [1.29, 1.82) is 0 Å². The topological polar surface area (TPSA) is 19.4 Å². The number of aryl methyl sites for hydroxylation is 1. The first kappa shape index (κ1) is 17.5. The maximum Gasteiger partial charge on any atom is 0.0624 e. The lowest BCUT2D eigenvalue weighted by atomic mass is 10.1. The number of rotatable bonds is 4. The number of anilines is 1. The van der Waals surface area contributed by atoms with Crippen LogP contribution < -0.4 is 4.90 Å². The van der Waals surface area contributed by atoms with E-state index < -0.39 is 0 Å². The lowest BCUT2D eigenvalue weighted by molar-refractivity contribution is 0.439. The van der Waals surface area contributed by atoms with Gasteiger partial charge in [0.2, 0.25) is 0 Å². The molecule has 3 rings (SSSR count). The molecule has 1 fully saturated rings. The van der Waals surface area contributed by atoms with Crippen LogP contribution in [0.25, 0.3) is 11.1 Å². The summed E-state index contributed by atoms with van der Waals surface area (Å²) >= 11 is 6.19. The summed E-state index contributed by atoms with van der Waals surface area (Å²) in [5.74, 6) is 4.16. The van der Waals surface area contributed by atoms with E-state index in [1.807, 2.05) is 19.2 Å². The summed E-state index contributed by atoms with van der Waals surface area (Å²) in [5, 5.41) is 0.713. The van der Waals surface area contributed by atoms with Crippen LogP contribution in [-0.2, 0) is 0 Å². The standard InChI is InChI=1S/C19H24ClN3S/c1-14-19(20)11-16(12-21-14)15-5-7-17(8-6-15)23-10-9-18(13-23)22(2)24(3)4/h5-8,11-12,18H,3,9-10,13H2,1-2,4H3. The van der Waals surface area contributed by atoms with Crippen molar-refractivity contribution in [3.05, 3.63) is 47.2 Å². The van der Waals surface area contributed by atoms with E-state index in [0.717, 1.165) is 29.9 Å². The molecule has 3 nitrogen and oxygen atoms in total. The van der Waals surface area contributed by atoms with Gasteiger partial charge in [-0.05, 0) is 50.4 Å². The molecule has 0 N–H and O–H groups in total. The minimum atomic E-state index is 0.0829. The Morgan fingerprint density at radius 3 is 2.62 bits per heavy atom. The van der Waals surface area contributed by atoms with Crippen molar-refractivity contribution in [3.63, 3.8) is 0 Å². The Hall–Kier alpha value is -1.36. The fourth-order valence-corrected chi connectivity index (χ4v) is 3.90. The van der Waals surface area contributed by atoms with E-state index in [2.05, 4.69) is 57.6 Å². The molecule has 1 saturated heterocycles. The number of pyridine rings is 1. The molecule has 128 valence electrons. The highest BCUT2D eigenvalue weighted by Gasteiger charge is 2.26. The van der Waals surface area contributed by atoms with Crippen molar-refractivity contribution in [2.75, 3.05) is 31.3 Å². The average Bonchev–Trinajstić information content (AvgIpc) is 3.06. The van der Waals surface area contributed by atoms with Gasteiger partial charge in [0.15, 0.2) is 0 Å². The largest absolute Gasteiger partial charge is 0.370 e. The van der Waals surface area contributed by atoms with Gasteiger partial charge in [0.25, 0.3) is 0 Å². The van der Waals surface area contributed by atoms with E-state index in [-0.39, 0.29) is 10.7 Å². The van der Waals surface area contributed by atoms with Crippen molar-refractivity contribution in [3.8, 4) is 11.1 Å². The number of likely N-dealkylation sites (N-methyl/N-ethyl adjacent to an activating group) is 1. The van der Waals surface area contributed by atoms with Crippen LogP contribution in [0.15, 0.2) is 36.5 Å². The highest BCUT2D eigenvalue weighted by atomic mass is 35.5. The van der Waals surface area contributed by atoms with Crippen LogP contribution in [0.5, 0.6) is 0 Å². The zero-order valence-corrected chi connectivity index (χ0v) is 16.1. The summed E-state index contributed by atoms with van der Waals surface area (Å²) in [7, 11) is 2.26. The first-order valence-corrected chi connectivity index (χ1v) is 10.3. The molecule has 0 radical (unpaired) electrons. The Morgan fingerprint density at radius 1 is 1.29 bits per heavy atom. The van der Waals surface area contributed by atoms with Crippen LogP contribution in [0.1, 0.15) is 12.1 Å². The molecule has 0 bridgehead atoms. The summed E-state index contributed by atoms with van der Waals surface area (Å²) in [6.45, 7) is 4.09. The van der Waals surface area contributed by atoms with Crippen LogP contribution >= 0.6 is 22.3 Å². The predicted molar refractivity (Wildman–Crippen MR) is 108 cm³/mol. The molecule has 24 heavy (non-hydrogen) atoms. The van der Waals surface area contributed by atoms with Gasteiger partial charge in [-0.1, -0.05) is 29.6 Å². The van der Waals surface area contributed by atoms with Crippen LogP contribution in [0, 0.1) is 6.92 Å². The number of nitrogens with zero attached hydrogens (tertiary/aromatic N) is 3. The Morgan fingerprint density at radius 2 is 2.00 bits per heavy atom. The normalized spacial score (nSPS) is 19.0. The molecule has 1 aliphatic rings. The molecule has 2 unspecified atom stereocenters. The molecule has 2 aromatic rings. The second-order valence-corrected chi connectivity index (χ2v) is 8.56. The molecule has 0 saturated carbocycles. The van der Waals surface area contributed by atoms with Crippen LogP contribution in [0.2, 0.25) is 5.02 Å². The molecular formula is C19H24ClN3S. The molecule has 2 heterocycles. The zero-order chi connectivity index (χ0) is 17.3. The molecule has 1 aliphatic heterocycles. The summed E-state index contributed by atoms with van der Waals surface area (Å²) in [6.07, 6.45) is 5.26. The highest BCUT2D eigenvalue weighted by molar-refractivity contribution is 8.11. The minimum Gasteiger partial charge on any atom is -0.370 e. The monoisotopic (exact) mass is 361 g/mol. The van der Waals surface area contributed by atoms with Gasteiger partial charge < -0.3 is 4.90 Å². The number of aromatic nitrogens is 1. The summed E-state index contributed by atoms with van der Waals surface area (Å²) in [5.41, 5.74) is 4.35. The third kappa shape index (κ3) is 3.66. The molecule has 5 heteroatoms. The molecule has 0 aliphatic carbocycles. The zero-order valence-electron chi connectivity index (χ0n) is 14.5. The molecule has 1 aromatic heterocycles. The quantitative estimate of drug-likeness (QED) is 0.749. The van der Waals surface area contributed by atoms with Gasteiger partial charge in [-0.3, -0.25) is 9.29 Å². The van der Waals surface area contributed by atoms with Crippen molar-refractivity contribution >= 4 is 33.8 Å². The average molecular weight is 362 g/mol. The fourth-order valence-electron chi connectivity index (χ4n) is 3.06. The van der Waals surface area contributed by atoms with Gasteiger partial charge in [0.1, 0.15) is 0 Å². The molecular weight excluding hydrogens is 338 g/mol. The van der Waals surface area contributed by atoms with E-state index in [4.69, 9.17) is 11.6 Å². The van der Waals surface area contributed by atoms with Crippen molar-refractivity contribution in [1.82, 2.24) is 9.29 Å². The van der Waals surface area contributed by atoms with E-state index in [9.17, 15) is 0 Å². The Kier molecular flexibility index (Phi) is 5.28. The van der Waals surface area contributed by atoms with E-state index in [0.29, 0.717) is 11.1 Å². The highest BCUT2D eigenvalue weighted by Crippen LogP contribution is 2.29. The smallest absolute Gasteiger partial charge is 0.0624 e. The Balaban J connectivity index is 1.73. The van der Waals surface area contributed by atoms with Crippen molar-refractivity contribution in [2.45, 2.75) is 19.4 Å². The van der Waals surface area contributed by atoms with Gasteiger partial charge >= 0.3 is 0 Å². The SMILES string of the molecule is C=S(C)N(C)C1CCN(c2ccc(-c3cnc(C)c(Cl)c3)cc2)C1. The van der Waals surface area contributed by atoms with Gasteiger partial charge in [-0.25, -0.2) is 0 Å². The van der Waals surface area contributed by atoms with Crippen LogP contribution in [0.4, 0.5) is 5.69 Å². The first-order chi connectivity index (χ1) is 11.5. The lowest BCUT2D eigenvalue weighted by Gasteiger charge is -2.25. The summed E-state index contributed by atoms with van der Waals surface area (Å²) in [6, 6.07) is 11.3. The number of halogens is 1. The first-order valence-electron chi connectivity index (χ1n) is 8.12. The van der Waals surface area contributed by atoms with Gasteiger partial charge in [0, 0.05) is 36.6 Å². The third-order valence-corrected chi connectivity index (χ3v) is 6.42. The van der Waals surface area contributed by atoms with Crippen molar-refractivity contribution < 1.29 is 0 Å². The second-order valence-electron chi connectivity index (χ2n) is 6.37. The molecule has 2 atom stereocenters. The van der Waals surface area contributed by atoms with Gasteiger partial charge in [-0.15, -0.1) is 10.7 Å². The Labute approximate surface area is 152 Å². The van der Waals surface area contributed by atoms with Crippen LogP contribution in [-0.4, -0.2) is 47.6 Å². The minimum absolute atomic E-state index is 0.0829. The maximum absolute atomic E-state index is 6.19.